The Kier molecular flexibility index (Phi) is 1.92. The fraction of sp³-hybridized carbons (Fsp3) is 0.222. The molecule has 0 bridgehead atoms. The fourth-order valence-electron chi connectivity index (χ4n) is 1.44. The first-order chi connectivity index (χ1) is 6.72. The van der Waals surface area contributed by atoms with E-state index in [0.717, 1.165) is 17.4 Å². The van der Waals surface area contributed by atoms with Gasteiger partial charge in [0.1, 0.15) is 0 Å². The predicted octanol–water partition coefficient (Wildman–Crippen LogP) is 1.96. The van der Waals surface area contributed by atoms with Crippen molar-refractivity contribution < 1.29 is 4.92 Å². The second kappa shape index (κ2) is 3.10. The summed E-state index contributed by atoms with van der Waals surface area (Å²) in [5, 5.41) is 15.4. The van der Waals surface area contributed by atoms with E-state index in [4.69, 9.17) is 0 Å². The maximum atomic E-state index is 10.5. The molecule has 0 aliphatic rings. The van der Waals surface area contributed by atoms with Gasteiger partial charge in [-0.1, -0.05) is 0 Å². The first-order valence-corrected chi connectivity index (χ1v) is 4.32. The van der Waals surface area contributed by atoms with Crippen LogP contribution < -0.4 is 0 Å². The minimum Gasteiger partial charge on any atom is -0.265 e. The zero-order valence-corrected chi connectivity index (χ0v) is 7.67. The average molecular weight is 191 g/mol. The van der Waals surface area contributed by atoms with Gasteiger partial charge < -0.3 is 0 Å². The fourth-order valence-corrected chi connectivity index (χ4v) is 1.44. The lowest BCUT2D eigenvalue weighted by atomic mass is 10.2. The first kappa shape index (κ1) is 8.68. The number of non-ortho nitro benzene ring substituents is 1. The smallest absolute Gasteiger partial charge is 0.265 e. The summed E-state index contributed by atoms with van der Waals surface area (Å²) in [6.07, 6.45) is 1.64. The molecule has 0 spiro atoms. The Labute approximate surface area is 80.1 Å². The van der Waals surface area contributed by atoms with Gasteiger partial charge in [0.15, 0.2) is 0 Å². The Hall–Kier alpha value is -1.91. The van der Waals surface area contributed by atoms with Gasteiger partial charge in [-0.25, -0.2) is 0 Å². The van der Waals surface area contributed by atoms with Crippen LogP contribution in [0.5, 0.6) is 0 Å². The van der Waals surface area contributed by atoms with Gasteiger partial charge in [-0.2, -0.15) is 5.10 Å². The predicted molar refractivity (Wildman–Crippen MR) is 52.1 cm³/mol. The SMILES string of the molecule is CCn1ncc2cc([N+](=O)[O-])ccc21. The van der Waals surface area contributed by atoms with E-state index in [9.17, 15) is 10.1 Å². The minimum atomic E-state index is -0.400. The topological polar surface area (TPSA) is 61.0 Å². The van der Waals surface area contributed by atoms with Crippen LogP contribution in [0.2, 0.25) is 0 Å². The van der Waals surface area contributed by atoms with Gasteiger partial charge in [-0.05, 0) is 13.0 Å². The van der Waals surface area contributed by atoms with Crippen molar-refractivity contribution in [2.75, 3.05) is 0 Å². The van der Waals surface area contributed by atoms with Crippen molar-refractivity contribution in [3.8, 4) is 0 Å². The Morgan fingerprint density at radius 1 is 1.57 bits per heavy atom. The molecule has 0 saturated heterocycles. The molecule has 0 radical (unpaired) electrons. The molecule has 0 aliphatic heterocycles. The third-order valence-electron chi connectivity index (χ3n) is 2.14. The second-order valence-corrected chi connectivity index (χ2v) is 2.96. The van der Waals surface area contributed by atoms with E-state index in [1.165, 1.54) is 12.1 Å². The molecule has 0 saturated carbocycles. The van der Waals surface area contributed by atoms with Crippen molar-refractivity contribution >= 4 is 16.6 Å². The van der Waals surface area contributed by atoms with Crippen LogP contribution in [0.4, 0.5) is 5.69 Å². The van der Waals surface area contributed by atoms with E-state index in [1.807, 2.05) is 6.92 Å². The van der Waals surface area contributed by atoms with Gasteiger partial charge in [0.05, 0.1) is 16.6 Å². The molecule has 72 valence electrons. The van der Waals surface area contributed by atoms with Crippen LogP contribution in [0.3, 0.4) is 0 Å². The van der Waals surface area contributed by atoms with Gasteiger partial charge in [-0.3, -0.25) is 14.8 Å². The van der Waals surface area contributed by atoms with Crippen LogP contribution in [0.1, 0.15) is 6.92 Å². The number of nitro groups is 1. The van der Waals surface area contributed by atoms with Crippen molar-refractivity contribution in [2.24, 2.45) is 0 Å². The monoisotopic (exact) mass is 191 g/mol. The Balaban J connectivity index is 2.63. The summed E-state index contributed by atoms with van der Waals surface area (Å²) >= 11 is 0. The molecule has 0 fully saturated rings. The molecule has 14 heavy (non-hydrogen) atoms. The van der Waals surface area contributed by atoms with E-state index in [0.29, 0.717) is 0 Å². The van der Waals surface area contributed by atoms with E-state index < -0.39 is 4.92 Å². The zero-order chi connectivity index (χ0) is 10.1. The summed E-state index contributed by atoms with van der Waals surface area (Å²) in [5.74, 6) is 0. The summed E-state index contributed by atoms with van der Waals surface area (Å²) in [5.41, 5.74) is 1.03. The van der Waals surface area contributed by atoms with Crippen LogP contribution in [0.15, 0.2) is 24.4 Å². The molecule has 5 nitrogen and oxygen atoms in total. The minimum absolute atomic E-state index is 0.105. The third kappa shape index (κ3) is 1.22. The van der Waals surface area contributed by atoms with Crippen LogP contribution in [0.25, 0.3) is 10.9 Å². The van der Waals surface area contributed by atoms with E-state index in [-0.39, 0.29) is 5.69 Å². The highest BCUT2D eigenvalue weighted by atomic mass is 16.6. The molecule has 2 aromatic rings. The highest BCUT2D eigenvalue weighted by molar-refractivity contribution is 5.81. The molecule has 0 amide bonds. The molecular weight excluding hydrogens is 182 g/mol. The van der Waals surface area contributed by atoms with Gasteiger partial charge in [0, 0.05) is 24.1 Å². The molecular formula is C9H9N3O2. The standard InChI is InChI=1S/C9H9N3O2/c1-2-11-9-4-3-8(12(13)14)5-7(9)6-10-11/h3-6H,2H2,1H3. The van der Waals surface area contributed by atoms with Crippen molar-refractivity contribution in [1.82, 2.24) is 9.78 Å². The number of rotatable bonds is 2. The van der Waals surface area contributed by atoms with Crippen LogP contribution in [0, 0.1) is 10.1 Å². The Bertz CT molecular complexity index is 490. The number of hydrogen-bond donors (Lipinski definition) is 0. The summed E-state index contributed by atoms with van der Waals surface area (Å²) in [6, 6.07) is 4.76. The summed E-state index contributed by atoms with van der Waals surface area (Å²) in [6.45, 7) is 2.75. The van der Waals surface area contributed by atoms with Gasteiger partial charge >= 0.3 is 0 Å². The van der Waals surface area contributed by atoms with E-state index in [2.05, 4.69) is 5.10 Å². The average Bonchev–Trinajstić information content (AvgIpc) is 2.59. The third-order valence-corrected chi connectivity index (χ3v) is 2.14. The maximum absolute atomic E-state index is 10.5. The van der Waals surface area contributed by atoms with Crippen molar-refractivity contribution in [1.29, 1.82) is 0 Å². The lowest BCUT2D eigenvalue weighted by molar-refractivity contribution is -0.384. The Morgan fingerprint density at radius 3 is 3.00 bits per heavy atom. The second-order valence-electron chi connectivity index (χ2n) is 2.96. The van der Waals surface area contributed by atoms with Crippen molar-refractivity contribution in [2.45, 2.75) is 13.5 Å². The molecule has 0 unspecified atom stereocenters. The number of benzene rings is 1. The summed E-state index contributed by atoms with van der Waals surface area (Å²) in [7, 11) is 0. The maximum Gasteiger partial charge on any atom is 0.270 e. The molecule has 0 N–H and O–H groups in total. The number of nitrogens with zero attached hydrogens (tertiary/aromatic N) is 3. The lowest BCUT2D eigenvalue weighted by Crippen LogP contribution is -1.95. The van der Waals surface area contributed by atoms with Gasteiger partial charge in [0.2, 0.25) is 0 Å². The molecule has 0 atom stereocenters. The normalized spacial score (nSPS) is 10.6. The zero-order valence-electron chi connectivity index (χ0n) is 7.67. The lowest BCUT2D eigenvalue weighted by Gasteiger charge is -1.97. The molecule has 2 rings (SSSR count). The van der Waals surface area contributed by atoms with Gasteiger partial charge in [0.25, 0.3) is 5.69 Å². The number of aryl methyl sites for hydroxylation is 1. The molecule has 1 aromatic carbocycles. The molecule has 0 aliphatic carbocycles. The number of fused-ring (bicyclic) bond motifs is 1. The highest BCUT2D eigenvalue weighted by Crippen LogP contribution is 2.20. The number of aromatic nitrogens is 2. The molecule has 5 heteroatoms. The largest absolute Gasteiger partial charge is 0.270 e. The van der Waals surface area contributed by atoms with Crippen LogP contribution >= 0.6 is 0 Å². The highest BCUT2D eigenvalue weighted by Gasteiger charge is 2.08. The van der Waals surface area contributed by atoms with Crippen molar-refractivity contribution in [3.05, 3.63) is 34.5 Å². The van der Waals surface area contributed by atoms with E-state index >= 15 is 0 Å². The van der Waals surface area contributed by atoms with Crippen LogP contribution in [-0.4, -0.2) is 14.7 Å². The first-order valence-electron chi connectivity index (χ1n) is 4.32. The quantitative estimate of drug-likeness (QED) is 0.538. The summed E-state index contributed by atoms with van der Waals surface area (Å²) in [4.78, 5) is 10.1. The van der Waals surface area contributed by atoms with Crippen LogP contribution in [-0.2, 0) is 6.54 Å². The number of nitro benzene ring substituents is 1. The summed E-state index contributed by atoms with van der Waals surface area (Å²) < 4.78 is 1.80. The van der Waals surface area contributed by atoms with E-state index in [1.54, 1.807) is 16.9 Å². The number of hydrogen-bond acceptors (Lipinski definition) is 3. The molecule has 1 aromatic heterocycles. The van der Waals surface area contributed by atoms with Crippen molar-refractivity contribution in [3.63, 3.8) is 0 Å². The van der Waals surface area contributed by atoms with Gasteiger partial charge in [-0.15, -0.1) is 0 Å². The molecule has 1 heterocycles. The Morgan fingerprint density at radius 2 is 2.36 bits per heavy atom.